The number of halogens is 1. The third kappa shape index (κ3) is 5.85. The Bertz CT molecular complexity index is 1200. The van der Waals surface area contributed by atoms with Crippen molar-refractivity contribution in [3.63, 3.8) is 0 Å². The van der Waals surface area contributed by atoms with Gasteiger partial charge in [0.2, 0.25) is 5.91 Å². The fraction of sp³-hybridized carbons (Fsp3) is 0.333. The first-order valence-electron chi connectivity index (χ1n) is 11.7. The van der Waals surface area contributed by atoms with Gasteiger partial charge in [-0.25, -0.2) is 4.39 Å². The minimum absolute atomic E-state index is 0.109. The SMILES string of the molecule is COCCN(CC(=O)N1CCc2sccc2[C@@H]1COc1ccccc1F)C(=O)c1cccc(OC)c1. The van der Waals surface area contributed by atoms with Crippen molar-refractivity contribution in [1.29, 1.82) is 0 Å². The molecule has 0 saturated carbocycles. The molecule has 0 saturated heterocycles. The molecule has 0 fully saturated rings. The highest BCUT2D eigenvalue weighted by Gasteiger charge is 2.33. The molecule has 2 aromatic carbocycles. The number of hydrogen-bond donors (Lipinski definition) is 0. The van der Waals surface area contributed by atoms with Gasteiger partial charge in [-0.1, -0.05) is 18.2 Å². The zero-order chi connectivity index (χ0) is 25.5. The first-order chi connectivity index (χ1) is 17.5. The third-order valence-electron chi connectivity index (χ3n) is 6.14. The maximum absolute atomic E-state index is 14.2. The van der Waals surface area contributed by atoms with Gasteiger partial charge in [0.1, 0.15) is 18.9 Å². The van der Waals surface area contributed by atoms with E-state index in [9.17, 15) is 14.0 Å². The quantitative estimate of drug-likeness (QED) is 0.408. The monoisotopic (exact) mass is 512 g/mol. The summed E-state index contributed by atoms with van der Waals surface area (Å²) < 4.78 is 30.4. The lowest BCUT2D eigenvalue weighted by Gasteiger charge is -2.37. The predicted octanol–water partition coefficient (Wildman–Crippen LogP) is 4.19. The lowest BCUT2D eigenvalue weighted by molar-refractivity contribution is -0.135. The summed E-state index contributed by atoms with van der Waals surface area (Å²) in [7, 11) is 3.09. The van der Waals surface area contributed by atoms with Crippen LogP contribution < -0.4 is 9.47 Å². The van der Waals surface area contributed by atoms with Crippen LogP contribution in [0.3, 0.4) is 0 Å². The van der Waals surface area contributed by atoms with Crippen molar-refractivity contribution in [1.82, 2.24) is 9.80 Å². The third-order valence-corrected chi connectivity index (χ3v) is 7.14. The first kappa shape index (κ1) is 25.7. The number of amides is 2. The predicted molar refractivity (Wildman–Crippen MR) is 135 cm³/mol. The number of carbonyl (C=O) groups excluding carboxylic acids is 2. The van der Waals surface area contributed by atoms with Crippen LogP contribution in [-0.2, 0) is 16.0 Å². The number of hydrogen-bond acceptors (Lipinski definition) is 6. The van der Waals surface area contributed by atoms with Crippen molar-refractivity contribution in [3.8, 4) is 11.5 Å². The van der Waals surface area contributed by atoms with Crippen LogP contribution in [0.5, 0.6) is 11.5 Å². The Morgan fingerprint density at radius 1 is 1.14 bits per heavy atom. The Morgan fingerprint density at radius 3 is 2.75 bits per heavy atom. The van der Waals surface area contributed by atoms with E-state index in [-0.39, 0.29) is 49.9 Å². The number of nitrogens with zero attached hydrogens (tertiary/aromatic N) is 2. The van der Waals surface area contributed by atoms with Crippen LogP contribution in [0.2, 0.25) is 0 Å². The van der Waals surface area contributed by atoms with Crippen molar-refractivity contribution in [2.24, 2.45) is 0 Å². The Labute approximate surface area is 214 Å². The number of thiophene rings is 1. The van der Waals surface area contributed by atoms with E-state index in [0.717, 1.165) is 12.0 Å². The van der Waals surface area contributed by atoms with Gasteiger partial charge in [0.25, 0.3) is 5.91 Å². The summed E-state index contributed by atoms with van der Waals surface area (Å²) in [5.74, 6) is -0.244. The van der Waals surface area contributed by atoms with Gasteiger partial charge < -0.3 is 24.0 Å². The van der Waals surface area contributed by atoms with E-state index < -0.39 is 5.82 Å². The molecular formula is C27H29FN2O5S. The Kier molecular flexibility index (Phi) is 8.56. The van der Waals surface area contributed by atoms with Crippen LogP contribution in [0.1, 0.15) is 26.8 Å². The van der Waals surface area contributed by atoms with Crippen LogP contribution >= 0.6 is 11.3 Å². The van der Waals surface area contributed by atoms with Gasteiger partial charge in [0.05, 0.1) is 19.8 Å². The average molecular weight is 513 g/mol. The molecule has 0 N–H and O–H groups in total. The number of rotatable bonds is 10. The number of carbonyl (C=O) groups is 2. The van der Waals surface area contributed by atoms with Gasteiger partial charge in [-0.05, 0) is 53.8 Å². The van der Waals surface area contributed by atoms with Crippen LogP contribution in [-0.4, -0.2) is 68.7 Å². The average Bonchev–Trinajstić information content (AvgIpc) is 3.39. The fourth-order valence-electron chi connectivity index (χ4n) is 4.25. The van der Waals surface area contributed by atoms with E-state index in [4.69, 9.17) is 14.2 Å². The molecule has 190 valence electrons. The molecule has 9 heteroatoms. The maximum atomic E-state index is 14.2. The minimum Gasteiger partial charge on any atom is -0.497 e. The largest absolute Gasteiger partial charge is 0.497 e. The standard InChI is InChI=1S/C27H29FN2O5S/c1-33-14-13-29(27(32)19-6-5-7-20(16-19)34-2)17-26(31)30-12-10-25-21(11-15-36-25)23(30)18-35-24-9-4-3-8-22(24)28/h3-9,11,15-16,23H,10,12-14,17-18H2,1-2H3/t23-/m0/s1. The summed E-state index contributed by atoms with van der Waals surface area (Å²) in [5.41, 5.74) is 1.43. The fourth-order valence-corrected chi connectivity index (χ4v) is 5.18. The molecular weight excluding hydrogens is 483 g/mol. The van der Waals surface area contributed by atoms with Crippen molar-refractivity contribution in [2.75, 3.05) is 47.1 Å². The van der Waals surface area contributed by atoms with E-state index in [1.807, 2.05) is 11.4 Å². The Balaban J connectivity index is 1.53. The van der Waals surface area contributed by atoms with E-state index in [1.165, 1.54) is 23.0 Å². The minimum atomic E-state index is -0.452. The second-order valence-electron chi connectivity index (χ2n) is 8.34. The number of ether oxygens (including phenoxy) is 3. The summed E-state index contributed by atoms with van der Waals surface area (Å²) in [5, 5.41) is 1.99. The molecule has 3 aromatic rings. The van der Waals surface area contributed by atoms with Crippen molar-refractivity contribution >= 4 is 23.2 Å². The number of para-hydroxylation sites is 1. The lowest BCUT2D eigenvalue weighted by Crippen LogP contribution is -2.48. The van der Waals surface area contributed by atoms with Gasteiger partial charge >= 0.3 is 0 Å². The van der Waals surface area contributed by atoms with Gasteiger partial charge in [0, 0.05) is 30.6 Å². The highest BCUT2D eigenvalue weighted by atomic mass is 32.1. The molecule has 0 unspecified atom stereocenters. The van der Waals surface area contributed by atoms with Crippen LogP contribution in [0.15, 0.2) is 60.0 Å². The highest BCUT2D eigenvalue weighted by molar-refractivity contribution is 7.10. The second kappa shape index (κ2) is 12.0. The first-order valence-corrected chi connectivity index (χ1v) is 12.5. The number of fused-ring (bicyclic) bond motifs is 1. The smallest absolute Gasteiger partial charge is 0.254 e. The molecule has 2 amide bonds. The van der Waals surface area contributed by atoms with E-state index in [0.29, 0.717) is 17.9 Å². The normalized spacial score (nSPS) is 14.8. The molecule has 1 aliphatic heterocycles. The summed E-state index contributed by atoms with van der Waals surface area (Å²) in [6, 6.07) is 14.6. The van der Waals surface area contributed by atoms with Gasteiger partial charge in [-0.2, -0.15) is 0 Å². The highest BCUT2D eigenvalue weighted by Crippen LogP contribution is 2.34. The number of methoxy groups -OCH3 is 2. The summed E-state index contributed by atoms with van der Waals surface area (Å²) in [6.07, 6.45) is 0.719. The van der Waals surface area contributed by atoms with Crippen LogP contribution in [0, 0.1) is 5.82 Å². The maximum Gasteiger partial charge on any atom is 0.254 e. The summed E-state index contributed by atoms with van der Waals surface area (Å²) in [6.45, 7) is 1.03. The second-order valence-corrected chi connectivity index (χ2v) is 9.35. The Hall–Kier alpha value is -3.43. The van der Waals surface area contributed by atoms with Gasteiger partial charge in [0.15, 0.2) is 11.6 Å². The molecule has 0 aliphatic carbocycles. The van der Waals surface area contributed by atoms with E-state index >= 15 is 0 Å². The van der Waals surface area contributed by atoms with Crippen LogP contribution in [0.4, 0.5) is 4.39 Å². The zero-order valence-electron chi connectivity index (χ0n) is 20.3. The molecule has 0 radical (unpaired) electrons. The molecule has 36 heavy (non-hydrogen) atoms. The van der Waals surface area contributed by atoms with Crippen molar-refractivity contribution in [2.45, 2.75) is 12.5 Å². The zero-order valence-corrected chi connectivity index (χ0v) is 21.1. The molecule has 4 rings (SSSR count). The molecule has 0 spiro atoms. The topological polar surface area (TPSA) is 68.3 Å². The summed E-state index contributed by atoms with van der Waals surface area (Å²) >= 11 is 1.64. The van der Waals surface area contributed by atoms with Gasteiger partial charge in [-0.15, -0.1) is 11.3 Å². The van der Waals surface area contributed by atoms with Gasteiger partial charge in [-0.3, -0.25) is 9.59 Å². The molecule has 1 aromatic heterocycles. The molecule has 1 atom stereocenters. The molecule has 2 heterocycles. The van der Waals surface area contributed by atoms with Crippen molar-refractivity contribution in [3.05, 3.63) is 81.8 Å². The lowest BCUT2D eigenvalue weighted by atomic mass is 10.0. The summed E-state index contributed by atoms with van der Waals surface area (Å²) in [4.78, 5) is 31.3. The Morgan fingerprint density at radius 2 is 1.97 bits per heavy atom. The van der Waals surface area contributed by atoms with Crippen molar-refractivity contribution < 1.29 is 28.2 Å². The van der Waals surface area contributed by atoms with Crippen LogP contribution in [0.25, 0.3) is 0 Å². The van der Waals surface area contributed by atoms with E-state index in [2.05, 4.69) is 0 Å². The molecule has 0 bridgehead atoms. The van der Waals surface area contributed by atoms with E-state index in [1.54, 1.807) is 65.8 Å². The molecule has 7 nitrogen and oxygen atoms in total. The molecule has 1 aliphatic rings. The number of benzene rings is 2.